The molecule has 4 atom stereocenters. The van der Waals surface area contributed by atoms with Gasteiger partial charge >= 0.3 is 11.9 Å². The molecule has 0 aromatic heterocycles. The standard InChI is InChI=1S/C16H26N4O8/c1-8(21)13(19-14(26)9(17)4-5-11(22)23)16(28)20-6-2-3-10(20)15(27)18-7-12(24)25/h8-10,13,21H,2-7,17H2,1H3,(H,18,27)(H,19,26)(H,22,23)(H,24,25). The van der Waals surface area contributed by atoms with Gasteiger partial charge in [0.05, 0.1) is 12.1 Å². The second-order valence-corrected chi connectivity index (χ2v) is 6.57. The van der Waals surface area contributed by atoms with Crippen LogP contribution in [0, 0.1) is 0 Å². The number of aliphatic carboxylic acids is 2. The molecule has 1 aliphatic rings. The van der Waals surface area contributed by atoms with E-state index in [9.17, 15) is 29.1 Å². The highest BCUT2D eigenvalue weighted by atomic mass is 16.4. The summed E-state index contributed by atoms with van der Waals surface area (Å²) in [6, 6.07) is -3.47. The number of rotatable bonds is 10. The number of nitrogens with one attached hydrogen (secondary N) is 2. The molecule has 0 saturated carbocycles. The maximum Gasteiger partial charge on any atom is 0.322 e. The third kappa shape index (κ3) is 6.78. The highest BCUT2D eigenvalue weighted by molar-refractivity contribution is 5.94. The first-order valence-corrected chi connectivity index (χ1v) is 8.80. The van der Waals surface area contributed by atoms with Crippen molar-refractivity contribution in [3.63, 3.8) is 0 Å². The number of nitrogens with zero attached hydrogens (tertiary/aromatic N) is 1. The average molecular weight is 402 g/mol. The van der Waals surface area contributed by atoms with Crippen LogP contribution in [0.3, 0.4) is 0 Å². The first kappa shape index (κ1) is 23.3. The monoisotopic (exact) mass is 402 g/mol. The molecule has 1 rings (SSSR count). The third-order valence-corrected chi connectivity index (χ3v) is 4.30. The fraction of sp³-hybridized carbons (Fsp3) is 0.688. The van der Waals surface area contributed by atoms with Gasteiger partial charge in [0.15, 0.2) is 0 Å². The van der Waals surface area contributed by atoms with Gasteiger partial charge in [-0.3, -0.25) is 24.0 Å². The molecule has 0 bridgehead atoms. The Hall–Kier alpha value is -2.73. The molecule has 12 heteroatoms. The summed E-state index contributed by atoms with van der Waals surface area (Å²) in [5.74, 6) is -4.50. The van der Waals surface area contributed by atoms with Crippen molar-refractivity contribution in [1.29, 1.82) is 0 Å². The Labute approximate surface area is 161 Å². The first-order chi connectivity index (χ1) is 13.0. The number of likely N-dealkylation sites (tertiary alicyclic amines) is 1. The molecule has 0 aromatic rings. The van der Waals surface area contributed by atoms with Gasteiger partial charge < -0.3 is 36.6 Å². The number of carboxylic acids is 2. The van der Waals surface area contributed by atoms with Gasteiger partial charge in [-0.25, -0.2) is 0 Å². The fourth-order valence-electron chi connectivity index (χ4n) is 2.82. The number of aliphatic hydroxyl groups is 1. The molecular weight excluding hydrogens is 376 g/mol. The number of nitrogens with two attached hydrogens (primary N) is 1. The number of aliphatic hydroxyl groups excluding tert-OH is 1. The Balaban J connectivity index is 2.79. The molecule has 0 spiro atoms. The van der Waals surface area contributed by atoms with E-state index in [0.717, 1.165) is 0 Å². The molecule has 1 aliphatic heterocycles. The van der Waals surface area contributed by atoms with Crippen LogP contribution >= 0.6 is 0 Å². The second kappa shape index (κ2) is 10.6. The Morgan fingerprint density at radius 2 is 1.82 bits per heavy atom. The molecular formula is C16H26N4O8. The zero-order valence-electron chi connectivity index (χ0n) is 15.5. The number of carbonyl (C=O) groups is 5. The van der Waals surface area contributed by atoms with Crippen LogP contribution in [0.1, 0.15) is 32.6 Å². The minimum absolute atomic E-state index is 0.147. The van der Waals surface area contributed by atoms with Crippen LogP contribution in [-0.4, -0.2) is 87.2 Å². The van der Waals surface area contributed by atoms with Crippen molar-refractivity contribution < 1.29 is 39.3 Å². The van der Waals surface area contributed by atoms with Crippen LogP contribution in [0.5, 0.6) is 0 Å². The maximum atomic E-state index is 12.8. The Bertz CT molecular complexity index is 624. The molecule has 0 aromatic carbocycles. The molecule has 0 radical (unpaired) electrons. The van der Waals surface area contributed by atoms with Gasteiger partial charge in [-0.2, -0.15) is 0 Å². The van der Waals surface area contributed by atoms with Crippen molar-refractivity contribution in [3.8, 4) is 0 Å². The zero-order chi connectivity index (χ0) is 21.4. The molecule has 4 unspecified atom stereocenters. The minimum atomic E-state index is -1.38. The normalized spacial score (nSPS) is 19.4. The van der Waals surface area contributed by atoms with Crippen molar-refractivity contribution >= 4 is 29.7 Å². The van der Waals surface area contributed by atoms with Gasteiger partial charge in [0.1, 0.15) is 18.6 Å². The summed E-state index contributed by atoms with van der Waals surface area (Å²) in [5, 5.41) is 31.7. The van der Waals surface area contributed by atoms with E-state index in [0.29, 0.717) is 12.8 Å². The van der Waals surface area contributed by atoms with E-state index in [1.807, 2.05) is 0 Å². The topological polar surface area (TPSA) is 199 Å². The van der Waals surface area contributed by atoms with Crippen LogP contribution < -0.4 is 16.4 Å². The molecule has 7 N–H and O–H groups in total. The Morgan fingerprint density at radius 3 is 2.36 bits per heavy atom. The van der Waals surface area contributed by atoms with E-state index in [1.54, 1.807) is 0 Å². The Kier molecular flexibility index (Phi) is 8.79. The highest BCUT2D eigenvalue weighted by Gasteiger charge is 2.39. The summed E-state index contributed by atoms with van der Waals surface area (Å²) in [6.45, 7) is 0.891. The minimum Gasteiger partial charge on any atom is -0.481 e. The molecule has 158 valence electrons. The number of hydrogen-bond acceptors (Lipinski definition) is 7. The maximum absolute atomic E-state index is 12.8. The quantitative estimate of drug-likeness (QED) is 0.224. The van der Waals surface area contributed by atoms with E-state index in [2.05, 4.69) is 10.6 Å². The predicted octanol–water partition coefficient (Wildman–Crippen LogP) is -2.76. The summed E-state index contributed by atoms with van der Waals surface area (Å²) in [4.78, 5) is 59.4. The van der Waals surface area contributed by atoms with Gasteiger partial charge in [0, 0.05) is 13.0 Å². The lowest BCUT2D eigenvalue weighted by Gasteiger charge is -2.30. The summed E-state index contributed by atoms with van der Waals surface area (Å²) in [7, 11) is 0. The van der Waals surface area contributed by atoms with Crippen LogP contribution in [0.25, 0.3) is 0 Å². The second-order valence-electron chi connectivity index (χ2n) is 6.57. The van der Waals surface area contributed by atoms with Gasteiger partial charge in [-0.15, -0.1) is 0 Å². The lowest BCUT2D eigenvalue weighted by atomic mass is 10.1. The van der Waals surface area contributed by atoms with E-state index in [4.69, 9.17) is 15.9 Å². The van der Waals surface area contributed by atoms with Crippen LogP contribution in [0.4, 0.5) is 0 Å². The van der Waals surface area contributed by atoms with Crippen molar-refractivity contribution in [3.05, 3.63) is 0 Å². The fourth-order valence-corrected chi connectivity index (χ4v) is 2.82. The molecule has 1 fully saturated rings. The number of carbonyl (C=O) groups excluding carboxylic acids is 3. The van der Waals surface area contributed by atoms with Crippen LogP contribution in [-0.2, 0) is 24.0 Å². The van der Waals surface area contributed by atoms with Gasteiger partial charge in [0.2, 0.25) is 17.7 Å². The lowest BCUT2D eigenvalue weighted by Crippen LogP contribution is -2.59. The number of carboxylic acid groups (broad SMARTS) is 2. The molecule has 12 nitrogen and oxygen atoms in total. The SMILES string of the molecule is CC(O)C(NC(=O)C(N)CCC(=O)O)C(=O)N1CCCC1C(=O)NCC(=O)O. The van der Waals surface area contributed by atoms with E-state index >= 15 is 0 Å². The van der Waals surface area contributed by atoms with Crippen molar-refractivity contribution in [1.82, 2.24) is 15.5 Å². The van der Waals surface area contributed by atoms with Gasteiger partial charge in [-0.1, -0.05) is 0 Å². The van der Waals surface area contributed by atoms with Gasteiger partial charge in [-0.05, 0) is 26.2 Å². The average Bonchev–Trinajstić information content (AvgIpc) is 3.10. The molecule has 0 aliphatic carbocycles. The number of hydrogen-bond donors (Lipinski definition) is 6. The van der Waals surface area contributed by atoms with E-state index in [1.165, 1.54) is 11.8 Å². The smallest absolute Gasteiger partial charge is 0.322 e. The van der Waals surface area contributed by atoms with Crippen molar-refractivity contribution in [2.75, 3.05) is 13.1 Å². The first-order valence-electron chi connectivity index (χ1n) is 8.80. The van der Waals surface area contributed by atoms with Crippen molar-refractivity contribution in [2.45, 2.75) is 56.8 Å². The summed E-state index contributed by atoms with van der Waals surface area (Å²) >= 11 is 0. The summed E-state index contributed by atoms with van der Waals surface area (Å²) in [6.07, 6.45) is -0.969. The predicted molar refractivity (Wildman–Crippen MR) is 93.8 cm³/mol. The molecule has 1 saturated heterocycles. The summed E-state index contributed by atoms with van der Waals surface area (Å²) in [5.41, 5.74) is 5.61. The summed E-state index contributed by atoms with van der Waals surface area (Å²) < 4.78 is 0. The van der Waals surface area contributed by atoms with E-state index < -0.39 is 60.4 Å². The van der Waals surface area contributed by atoms with Crippen LogP contribution in [0.15, 0.2) is 0 Å². The molecule has 3 amide bonds. The third-order valence-electron chi connectivity index (χ3n) is 4.30. The largest absolute Gasteiger partial charge is 0.481 e. The van der Waals surface area contributed by atoms with Crippen LogP contribution in [0.2, 0.25) is 0 Å². The Morgan fingerprint density at radius 1 is 1.18 bits per heavy atom. The van der Waals surface area contributed by atoms with E-state index in [-0.39, 0.29) is 19.4 Å². The number of amides is 3. The van der Waals surface area contributed by atoms with Gasteiger partial charge in [0.25, 0.3) is 0 Å². The highest BCUT2D eigenvalue weighted by Crippen LogP contribution is 2.19. The zero-order valence-corrected chi connectivity index (χ0v) is 15.5. The molecule has 1 heterocycles. The molecule has 28 heavy (non-hydrogen) atoms. The lowest BCUT2D eigenvalue weighted by molar-refractivity contribution is -0.144. The van der Waals surface area contributed by atoms with Crippen molar-refractivity contribution in [2.24, 2.45) is 5.73 Å².